The zero-order chi connectivity index (χ0) is 13.1. The summed E-state index contributed by atoms with van der Waals surface area (Å²) in [6, 6.07) is 5.28. The van der Waals surface area contributed by atoms with Crippen molar-refractivity contribution in [2.45, 2.75) is 38.4 Å². The van der Waals surface area contributed by atoms with E-state index in [9.17, 15) is 5.11 Å². The molecule has 1 aromatic rings. The number of halogens is 2. The van der Waals surface area contributed by atoms with Gasteiger partial charge in [-0.25, -0.2) is 0 Å². The highest BCUT2D eigenvalue weighted by Gasteiger charge is 2.31. The quantitative estimate of drug-likeness (QED) is 0.889. The average molecular weight is 277 g/mol. The van der Waals surface area contributed by atoms with Gasteiger partial charge in [-0.05, 0) is 31.0 Å². The molecule has 1 aromatic carbocycles. The summed E-state index contributed by atoms with van der Waals surface area (Å²) >= 11 is 11.9. The second kappa shape index (κ2) is 6.05. The molecule has 96 valence electrons. The van der Waals surface area contributed by atoms with E-state index in [-0.39, 0.29) is 0 Å². The minimum absolute atomic E-state index is 0.453. The Bertz CT molecular complexity index is 376. The van der Waals surface area contributed by atoms with Crippen molar-refractivity contribution in [3.05, 3.63) is 33.8 Å². The van der Waals surface area contributed by atoms with Crippen LogP contribution in [0.25, 0.3) is 0 Å². The normalized spacial score (nSPS) is 16.6. The summed E-state index contributed by atoms with van der Waals surface area (Å²) in [5, 5.41) is 11.4. The molecule has 2 nitrogen and oxygen atoms in total. The molecule has 4 heteroatoms. The van der Waals surface area contributed by atoms with E-state index in [2.05, 4.69) is 0 Å². The standard InChI is InChI=1S/C13H18Cl2O2/c1-4-13(2,17-3)12(16)7-9-5-6-10(14)8-11(9)15/h5-6,8,12,16H,4,7H2,1-3H3. The molecule has 0 spiro atoms. The first-order valence-electron chi connectivity index (χ1n) is 5.60. The predicted molar refractivity (Wildman–Crippen MR) is 71.9 cm³/mol. The Morgan fingerprint density at radius 3 is 2.53 bits per heavy atom. The van der Waals surface area contributed by atoms with Gasteiger partial charge in [0.15, 0.2) is 0 Å². The lowest BCUT2D eigenvalue weighted by Gasteiger charge is -2.32. The summed E-state index contributed by atoms with van der Waals surface area (Å²) in [4.78, 5) is 0. The van der Waals surface area contributed by atoms with Crippen molar-refractivity contribution < 1.29 is 9.84 Å². The second-order valence-electron chi connectivity index (χ2n) is 4.33. The summed E-state index contributed by atoms with van der Waals surface area (Å²) < 4.78 is 5.37. The monoisotopic (exact) mass is 276 g/mol. The van der Waals surface area contributed by atoms with Crippen molar-refractivity contribution in [3.8, 4) is 0 Å². The van der Waals surface area contributed by atoms with Crippen LogP contribution >= 0.6 is 23.2 Å². The first-order chi connectivity index (χ1) is 7.92. The molecule has 0 saturated carbocycles. The molecule has 0 aliphatic rings. The first-order valence-corrected chi connectivity index (χ1v) is 6.35. The Labute approximate surface area is 113 Å². The predicted octanol–water partition coefficient (Wildman–Crippen LogP) is 3.71. The van der Waals surface area contributed by atoms with Crippen molar-refractivity contribution in [1.29, 1.82) is 0 Å². The van der Waals surface area contributed by atoms with Crippen LogP contribution in [-0.4, -0.2) is 23.9 Å². The molecule has 0 aliphatic carbocycles. The largest absolute Gasteiger partial charge is 0.390 e. The van der Waals surface area contributed by atoms with E-state index >= 15 is 0 Å². The lowest BCUT2D eigenvalue weighted by atomic mass is 9.91. The fraction of sp³-hybridized carbons (Fsp3) is 0.538. The van der Waals surface area contributed by atoms with Crippen LogP contribution in [0.15, 0.2) is 18.2 Å². The molecular formula is C13H18Cl2O2. The maximum Gasteiger partial charge on any atom is 0.0909 e. The topological polar surface area (TPSA) is 29.5 Å². The van der Waals surface area contributed by atoms with Crippen molar-refractivity contribution in [2.75, 3.05) is 7.11 Å². The summed E-state index contributed by atoms with van der Waals surface area (Å²) in [5.41, 5.74) is 0.323. The minimum atomic E-state index is -0.601. The van der Waals surface area contributed by atoms with Crippen molar-refractivity contribution in [1.82, 2.24) is 0 Å². The SMILES string of the molecule is CCC(C)(OC)C(O)Cc1ccc(Cl)cc1Cl. The van der Waals surface area contributed by atoms with E-state index in [0.717, 1.165) is 12.0 Å². The summed E-state index contributed by atoms with van der Waals surface area (Å²) in [6.45, 7) is 3.87. The number of ether oxygens (including phenoxy) is 1. The number of methoxy groups -OCH3 is 1. The van der Waals surface area contributed by atoms with Crippen molar-refractivity contribution >= 4 is 23.2 Å². The molecule has 0 aromatic heterocycles. The van der Waals surface area contributed by atoms with Crippen LogP contribution in [-0.2, 0) is 11.2 Å². The van der Waals surface area contributed by atoms with Crippen LogP contribution in [0.2, 0.25) is 10.0 Å². The number of hydrogen-bond donors (Lipinski definition) is 1. The highest BCUT2D eigenvalue weighted by atomic mass is 35.5. The van der Waals surface area contributed by atoms with E-state index in [1.54, 1.807) is 19.2 Å². The third-order valence-electron chi connectivity index (χ3n) is 3.30. The lowest BCUT2D eigenvalue weighted by molar-refractivity contribution is -0.0914. The van der Waals surface area contributed by atoms with Crippen LogP contribution < -0.4 is 0 Å². The van der Waals surface area contributed by atoms with Gasteiger partial charge in [-0.15, -0.1) is 0 Å². The van der Waals surface area contributed by atoms with Crippen LogP contribution in [0, 0.1) is 0 Å². The van der Waals surface area contributed by atoms with E-state index in [1.807, 2.05) is 19.9 Å². The number of hydrogen-bond acceptors (Lipinski definition) is 2. The van der Waals surface area contributed by atoms with Crippen molar-refractivity contribution in [3.63, 3.8) is 0 Å². The lowest BCUT2D eigenvalue weighted by Crippen LogP contribution is -2.42. The van der Waals surface area contributed by atoms with Gasteiger partial charge in [-0.1, -0.05) is 36.2 Å². The van der Waals surface area contributed by atoms with Crippen LogP contribution in [0.3, 0.4) is 0 Å². The Balaban J connectivity index is 2.84. The zero-order valence-electron chi connectivity index (χ0n) is 10.3. The Morgan fingerprint density at radius 1 is 1.41 bits per heavy atom. The molecule has 0 fully saturated rings. The minimum Gasteiger partial charge on any atom is -0.390 e. The van der Waals surface area contributed by atoms with E-state index in [1.165, 1.54) is 0 Å². The van der Waals surface area contributed by atoms with Gasteiger partial charge in [-0.2, -0.15) is 0 Å². The number of rotatable bonds is 5. The molecule has 0 bridgehead atoms. The molecule has 0 aliphatic heterocycles. The summed E-state index contributed by atoms with van der Waals surface area (Å²) in [6.07, 6.45) is 0.584. The van der Waals surface area contributed by atoms with Gasteiger partial charge in [0.2, 0.25) is 0 Å². The highest BCUT2D eigenvalue weighted by Crippen LogP contribution is 2.27. The molecule has 2 atom stereocenters. The first kappa shape index (κ1) is 14.8. The molecule has 0 heterocycles. The Hall–Kier alpha value is -0.280. The van der Waals surface area contributed by atoms with Crippen LogP contribution in [0.5, 0.6) is 0 Å². The second-order valence-corrected chi connectivity index (χ2v) is 5.17. The molecule has 1 N–H and O–H groups in total. The van der Waals surface area contributed by atoms with Gasteiger partial charge in [-0.3, -0.25) is 0 Å². The van der Waals surface area contributed by atoms with E-state index in [4.69, 9.17) is 27.9 Å². The third-order valence-corrected chi connectivity index (χ3v) is 3.89. The van der Waals surface area contributed by atoms with Gasteiger partial charge in [0.1, 0.15) is 0 Å². The zero-order valence-corrected chi connectivity index (χ0v) is 11.8. The maximum absolute atomic E-state index is 10.2. The molecule has 17 heavy (non-hydrogen) atoms. The fourth-order valence-electron chi connectivity index (χ4n) is 1.63. The van der Waals surface area contributed by atoms with Gasteiger partial charge in [0, 0.05) is 23.6 Å². The van der Waals surface area contributed by atoms with E-state index in [0.29, 0.717) is 16.5 Å². The number of aliphatic hydroxyl groups excluding tert-OH is 1. The average Bonchev–Trinajstić information content (AvgIpc) is 2.31. The smallest absolute Gasteiger partial charge is 0.0909 e. The van der Waals surface area contributed by atoms with Crippen LogP contribution in [0.1, 0.15) is 25.8 Å². The van der Waals surface area contributed by atoms with Gasteiger partial charge in [0.05, 0.1) is 11.7 Å². The molecule has 1 rings (SSSR count). The Morgan fingerprint density at radius 2 is 2.06 bits per heavy atom. The summed E-state index contributed by atoms with van der Waals surface area (Å²) in [7, 11) is 1.61. The molecular weight excluding hydrogens is 259 g/mol. The van der Waals surface area contributed by atoms with Crippen molar-refractivity contribution in [2.24, 2.45) is 0 Å². The van der Waals surface area contributed by atoms with Crippen LogP contribution in [0.4, 0.5) is 0 Å². The maximum atomic E-state index is 10.2. The molecule has 0 radical (unpaired) electrons. The Kier molecular flexibility index (Phi) is 5.26. The number of benzene rings is 1. The van der Waals surface area contributed by atoms with E-state index < -0.39 is 11.7 Å². The molecule has 2 unspecified atom stereocenters. The van der Waals surface area contributed by atoms with Gasteiger partial charge >= 0.3 is 0 Å². The third kappa shape index (κ3) is 3.59. The summed E-state index contributed by atoms with van der Waals surface area (Å²) in [5.74, 6) is 0. The molecule has 0 amide bonds. The van der Waals surface area contributed by atoms with Gasteiger partial charge < -0.3 is 9.84 Å². The fourth-order valence-corrected chi connectivity index (χ4v) is 2.11. The van der Waals surface area contributed by atoms with Gasteiger partial charge in [0.25, 0.3) is 0 Å². The highest BCUT2D eigenvalue weighted by molar-refractivity contribution is 6.35. The number of aliphatic hydroxyl groups is 1. The molecule has 0 saturated heterocycles.